The molecule has 0 saturated heterocycles. The fourth-order valence-corrected chi connectivity index (χ4v) is 2.86. The van der Waals surface area contributed by atoms with E-state index in [1.165, 1.54) is 12.1 Å². The minimum Gasteiger partial charge on any atom is -0.454 e. The van der Waals surface area contributed by atoms with E-state index < -0.39 is 0 Å². The molecule has 1 unspecified atom stereocenters. The molecule has 3 nitrogen and oxygen atoms in total. The van der Waals surface area contributed by atoms with Crippen LogP contribution in [-0.2, 0) is 0 Å². The van der Waals surface area contributed by atoms with Gasteiger partial charge in [-0.15, -0.1) is 0 Å². The first-order valence-corrected chi connectivity index (χ1v) is 7.04. The van der Waals surface area contributed by atoms with Crippen molar-refractivity contribution >= 4 is 21.6 Å². The standard InChI is InChI=1S/C15H13BrFNO2/c1-9(12-4-2-10(17)6-13(12)16)18-11-3-5-14-15(7-11)20-8-19-14/h2-7,9,18H,8H2,1H3. The second-order valence-corrected chi connectivity index (χ2v) is 5.45. The molecule has 0 bridgehead atoms. The lowest BCUT2D eigenvalue weighted by Gasteiger charge is -2.17. The summed E-state index contributed by atoms with van der Waals surface area (Å²) < 4.78 is 24.5. The number of fused-ring (bicyclic) bond motifs is 1. The first kappa shape index (κ1) is 13.2. The molecule has 0 aromatic heterocycles. The summed E-state index contributed by atoms with van der Waals surface area (Å²) in [6, 6.07) is 10.4. The van der Waals surface area contributed by atoms with Crippen LogP contribution in [-0.4, -0.2) is 6.79 Å². The summed E-state index contributed by atoms with van der Waals surface area (Å²) in [6.07, 6.45) is 0. The van der Waals surface area contributed by atoms with Gasteiger partial charge in [0.05, 0.1) is 0 Å². The van der Waals surface area contributed by atoms with E-state index in [-0.39, 0.29) is 18.7 Å². The number of nitrogens with one attached hydrogen (secondary N) is 1. The summed E-state index contributed by atoms with van der Waals surface area (Å²) in [6.45, 7) is 2.28. The smallest absolute Gasteiger partial charge is 0.231 e. The van der Waals surface area contributed by atoms with Gasteiger partial charge in [-0.2, -0.15) is 0 Å². The van der Waals surface area contributed by atoms with E-state index in [1.54, 1.807) is 6.07 Å². The predicted octanol–water partition coefficient (Wildman–Crippen LogP) is 4.49. The zero-order valence-electron chi connectivity index (χ0n) is 10.8. The molecule has 1 aliphatic rings. The Morgan fingerprint density at radius 1 is 1.15 bits per heavy atom. The van der Waals surface area contributed by atoms with E-state index in [0.717, 1.165) is 27.2 Å². The lowest BCUT2D eigenvalue weighted by atomic mass is 10.1. The van der Waals surface area contributed by atoms with E-state index in [0.29, 0.717) is 0 Å². The summed E-state index contributed by atoms with van der Waals surface area (Å²) in [5.41, 5.74) is 1.92. The van der Waals surface area contributed by atoms with E-state index in [2.05, 4.69) is 21.2 Å². The van der Waals surface area contributed by atoms with Gasteiger partial charge in [0, 0.05) is 22.3 Å². The van der Waals surface area contributed by atoms with Crippen LogP contribution in [0, 0.1) is 5.82 Å². The zero-order chi connectivity index (χ0) is 14.1. The number of rotatable bonds is 3. The summed E-state index contributed by atoms with van der Waals surface area (Å²) in [4.78, 5) is 0. The first-order valence-electron chi connectivity index (χ1n) is 6.24. The van der Waals surface area contributed by atoms with E-state index in [1.807, 2.05) is 25.1 Å². The van der Waals surface area contributed by atoms with Crippen molar-refractivity contribution in [2.45, 2.75) is 13.0 Å². The highest BCUT2D eigenvalue weighted by molar-refractivity contribution is 9.10. The SMILES string of the molecule is CC(Nc1ccc2c(c1)OCO2)c1ccc(F)cc1Br. The fourth-order valence-electron chi connectivity index (χ4n) is 2.17. The van der Waals surface area contributed by atoms with E-state index in [4.69, 9.17) is 9.47 Å². The minimum atomic E-state index is -0.254. The van der Waals surface area contributed by atoms with Crippen LogP contribution < -0.4 is 14.8 Å². The lowest BCUT2D eigenvalue weighted by Crippen LogP contribution is -2.07. The number of hydrogen-bond donors (Lipinski definition) is 1. The Morgan fingerprint density at radius 2 is 1.95 bits per heavy atom. The Kier molecular flexibility index (Phi) is 3.53. The molecule has 2 aromatic carbocycles. The van der Waals surface area contributed by atoms with E-state index >= 15 is 0 Å². The Hall–Kier alpha value is -1.75. The minimum absolute atomic E-state index is 0.0327. The maximum atomic E-state index is 13.1. The van der Waals surface area contributed by atoms with Crippen molar-refractivity contribution < 1.29 is 13.9 Å². The molecule has 1 N–H and O–H groups in total. The summed E-state index contributed by atoms with van der Waals surface area (Å²) >= 11 is 3.39. The molecular formula is C15H13BrFNO2. The Labute approximate surface area is 124 Å². The van der Waals surface area contributed by atoms with Gasteiger partial charge in [-0.1, -0.05) is 22.0 Å². The molecule has 5 heteroatoms. The van der Waals surface area contributed by atoms with Crippen LogP contribution in [0.4, 0.5) is 10.1 Å². The van der Waals surface area contributed by atoms with Gasteiger partial charge in [0.1, 0.15) is 5.82 Å². The van der Waals surface area contributed by atoms with Crippen molar-refractivity contribution in [3.63, 3.8) is 0 Å². The number of benzene rings is 2. The van der Waals surface area contributed by atoms with Crippen LogP contribution in [0.2, 0.25) is 0 Å². The van der Waals surface area contributed by atoms with Crippen LogP contribution in [0.1, 0.15) is 18.5 Å². The van der Waals surface area contributed by atoms with Crippen LogP contribution >= 0.6 is 15.9 Å². The van der Waals surface area contributed by atoms with Gasteiger partial charge in [0.15, 0.2) is 11.5 Å². The second kappa shape index (κ2) is 5.32. The van der Waals surface area contributed by atoms with Crippen LogP contribution in [0.5, 0.6) is 11.5 Å². The van der Waals surface area contributed by atoms with Crippen molar-refractivity contribution in [3.8, 4) is 11.5 Å². The molecule has 1 heterocycles. The number of halogens is 2. The third-order valence-corrected chi connectivity index (χ3v) is 3.87. The molecule has 3 rings (SSSR count). The Bertz CT molecular complexity index is 648. The topological polar surface area (TPSA) is 30.5 Å². The molecule has 1 aliphatic heterocycles. The Morgan fingerprint density at radius 3 is 2.75 bits per heavy atom. The molecule has 104 valence electrons. The third kappa shape index (κ3) is 2.58. The number of hydrogen-bond acceptors (Lipinski definition) is 3. The molecule has 0 spiro atoms. The third-order valence-electron chi connectivity index (χ3n) is 3.18. The summed E-state index contributed by atoms with van der Waals surface area (Å²) in [7, 11) is 0. The van der Waals surface area contributed by atoms with Gasteiger partial charge in [-0.3, -0.25) is 0 Å². The monoisotopic (exact) mass is 337 g/mol. The molecule has 1 atom stereocenters. The molecule has 0 radical (unpaired) electrons. The second-order valence-electron chi connectivity index (χ2n) is 4.60. The van der Waals surface area contributed by atoms with Gasteiger partial charge in [0.2, 0.25) is 6.79 Å². The quantitative estimate of drug-likeness (QED) is 0.894. The molecule has 0 saturated carbocycles. The fraction of sp³-hybridized carbons (Fsp3) is 0.200. The molecule has 0 fully saturated rings. The van der Waals surface area contributed by atoms with Crippen LogP contribution in [0.15, 0.2) is 40.9 Å². The summed E-state index contributed by atoms with van der Waals surface area (Å²) in [5, 5.41) is 3.36. The molecule has 0 aliphatic carbocycles. The zero-order valence-corrected chi connectivity index (χ0v) is 12.4. The summed E-state index contributed by atoms with van der Waals surface area (Å²) in [5.74, 6) is 1.24. The first-order chi connectivity index (χ1) is 9.63. The highest BCUT2D eigenvalue weighted by atomic mass is 79.9. The largest absolute Gasteiger partial charge is 0.454 e. The molecule has 0 amide bonds. The van der Waals surface area contributed by atoms with Gasteiger partial charge >= 0.3 is 0 Å². The van der Waals surface area contributed by atoms with Crippen molar-refractivity contribution in [1.82, 2.24) is 0 Å². The predicted molar refractivity (Wildman–Crippen MR) is 78.7 cm³/mol. The average molecular weight is 338 g/mol. The van der Waals surface area contributed by atoms with Gasteiger partial charge in [-0.25, -0.2) is 4.39 Å². The average Bonchev–Trinajstić information content (AvgIpc) is 2.85. The van der Waals surface area contributed by atoms with E-state index in [9.17, 15) is 4.39 Å². The molecule has 2 aromatic rings. The van der Waals surface area contributed by atoms with Gasteiger partial charge in [0.25, 0.3) is 0 Å². The maximum Gasteiger partial charge on any atom is 0.231 e. The number of ether oxygens (including phenoxy) is 2. The normalized spacial score (nSPS) is 14.2. The molecular weight excluding hydrogens is 325 g/mol. The Balaban J connectivity index is 1.80. The van der Waals surface area contributed by atoms with Crippen molar-refractivity contribution in [2.75, 3.05) is 12.1 Å². The van der Waals surface area contributed by atoms with Crippen molar-refractivity contribution in [2.24, 2.45) is 0 Å². The maximum absolute atomic E-state index is 13.1. The van der Waals surface area contributed by atoms with Crippen LogP contribution in [0.3, 0.4) is 0 Å². The van der Waals surface area contributed by atoms with Gasteiger partial charge in [-0.05, 0) is 36.8 Å². The van der Waals surface area contributed by atoms with Crippen LogP contribution in [0.25, 0.3) is 0 Å². The number of anilines is 1. The highest BCUT2D eigenvalue weighted by Crippen LogP contribution is 2.35. The van der Waals surface area contributed by atoms with Crippen molar-refractivity contribution in [1.29, 1.82) is 0 Å². The lowest BCUT2D eigenvalue weighted by molar-refractivity contribution is 0.174. The van der Waals surface area contributed by atoms with Gasteiger partial charge < -0.3 is 14.8 Å². The van der Waals surface area contributed by atoms with Crippen molar-refractivity contribution in [3.05, 3.63) is 52.3 Å². The molecule has 20 heavy (non-hydrogen) atoms. The highest BCUT2D eigenvalue weighted by Gasteiger charge is 2.15.